The van der Waals surface area contributed by atoms with Crippen molar-refractivity contribution < 1.29 is 9.22 Å². The maximum absolute atomic E-state index is 12.1. The molecule has 4 heteroatoms. The molecule has 0 aliphatic heterocycles. The second-order valence-corrected chi connectivity index (χ2v) is 15.7. The predicted molar refractivity (Wildman–Crippen MR) is 152 cm³/mol. The summed E-state index contributed by atoms with van der Waals surface area (Å²) < 4.78 is 8.66. The van der Waals surface area contributed by atoms with Gasteiger partial charge in [-0.25, -0.2) is 0 Å². The molecule has 0 spiro atoms. The van der Waals surface area contributed by atoms with Crippen LogP contribution in [0.1, 0.15) is 58.6 Å². The predicted octanol–water partition coefficient (Wildman–Crippen LogP) is 7.38. The van der Waals surface area contributed by atoms with Crippen LogP contribution >= 0.6 is 15.9 Å². The molecular formula is C31H35BrO2Si. The first kappa shape index (κ1) is 25.8. The van der Waals surface area contributed by atoms with E-state index in [1.807, 2.05) is 0 Å². The Morgan fingerprint density at radius 1 is 0.914 bits per heavy atom. The summed E-state index contributed by atoms with van der Waals surface area (Å²) in [6.45, 7) is 8.67. The minimum atomic E-state index is -2.75. The monoisotopic (exact) mass is 546 g/mol. The molecule has 0 saturated carbocycles. The van der Waals surface area contributed by atoms with Crippen molar-refractivity contribution in [1.82, 2.24) is 0 Å². The zero-order valence-electron chi connectivity index (χ0n) is 21.1. The fourth-order valence-electron chi connectivity index (χ4n) is 5.33. The molecule has 3 aromatic carbocycles. The molecule has 0 amide bonds. The van der Waals surface area contributed by atoms with Crippen LogP contribution in [0.3, 0.4) is 0 Å². The third-order valence-corrected chi connectivity index (χ3v) is 12.8. The molecule has 2 atom stereocenters. The van der Waals surface area contributed by atoms with E-state index >= 15 is 0 Å². The van der Waals surface area contributed by atoms with Crippen molar-refractivity contribution in [2.24, 2.45) is 5.92 Å². The Morgan fingerprint density at radius 2 is 1.46 bits per heavy atom. The number of Topliss-reactive ketones (excluding diaryl/α,β-unsaturated/α-hetero) is 1. The fraction of sp³-hybridized carbons (Fsp3) is 0.323. The molecule has 0 bridgehead atoms. The highest BCUT2D eigenvalue weighted by Gasteiger charge is 2.52. The molecule has 0 N–H and O–H groups in total. The Labute approximate surface area is 219 Å². The molecule has 0 fully saturated rings. The maximum Gasteiger partial charge on any atom is 0.262 e. The van der Waals surface area contributed by atoms with Gasteiger partial charge in [0.2, 0.25) is 0 Å². The van der Waals surface area contributed by atoms with Gasteiger partial charge in [-0.1, -0.05) is 116 Å². The highest BCUT2D eigenvalue weighted by molar-refractivity contribution is 9.10. The van der Waals surface area contributed by atoms with E-state index < -0.39 is 8.32 Å². The lowest BCUT2D eigenvalue weighted by Gasteiger charge is -2.46. The first-order chi connectivity index (χ1) is 16.7. The van der Waals surface area contributed by atoms with Gasteiger partial charge in [-0.2, -0.15) is 0 Å². The van der Waals surface area contributed by atoms with Crippen molar-refractivity contribution in [3.8, 4) is 0 Å². The number of carbonyl (C=O) groups is 1. The molecule has 0 unspecified atom stereocenters. The SMILES string of the molecule is CC(=O)[C@H]1CC=C([C@@H](O[Si](c2ccccc2)(c2ccccc2)C(C)(C)C)c2ccc(Br)cc2)CC1. The summed E-state index contributed by atoms with van der Waals surface area (Å²) in [4.78, 5) is 12.1. The number of carbonyl (C=O) groups excluding carboxylic acids is 1. The summed E-state index contributed by atoms with van der Waals surface area (Å²) in [6, 6.07) is 30.2. The van der Waals surface area contributed by atoms with Crippen LogP contribution in [0, 0.1) is 5.92 Å². The summed E-state index contributed by atoms with van der Waals surface area (Å²) >= 11 is 3.60. The molecule has 3 aromatic rings. The van der Waals surface area contributed by atoms with Crippen LogP contribution < -0.4 is 10.4 Å². The van der Waals surface area contributed by atoms with Gasteiger partial charge in [0.1, 0.15) is 5.78 Å². The molecule has 0 radical (unpaired) electrons. The number of allylic oxidation sites excluding steroid dienone is 1. The molecule has 182 valence electrons. The van der Waals surface area contributed by atoms with Gasteiger partial charge in [-0.3, -0.25) is 4.79 Å². The van der Waals surface area contributed by atoms with E-state index in [9.17, 15) is 4.79 Å². The third-order valence-electron chi connectivity index (χ3n) is 7.24. The van der Waals surface area contributed by atoms with E-state index in [2.05, 4.69) is 128 Å². The smallest absolute Gasteiger partial charge is 0.262 e. The van der Waals surface area contributed by atoms with Gasteiger partial charge in [0.05, 0.1) is 6.10 Å². The van der Waals surface area contributed by atoms with E-state index in [0.29, 0.717) is 0 Å². The molecule has 1 aliphatic carbocycles. The molecule has 35 heavy (non-hydrogen) atoms. The minimum Gasteiger partial charge on any atom is -0.397 e. The number of hydrogen-bond donors (Lipinski definition) is 0. The van der Waals surface area contributed by atoms with Gasteiger partial charge < -0.3 is 4.43 Å². The molecule has 0 saturated heterocycles. The summed E-state index contributed by atoms with van der Waals surface area (Å²) in [5, 5.41) is 2.44. The fourth-order valence-corrected chi connectivity index (χ4v) is 10.2. The van der Waals surface area contributed by atoms with E-state index in [-0.39, 0.29) is 22.8 Å². The molecular weight excluding hydrogens is 512 g/mol. The summed E-state index contributed by atoms with van der Waals surface area (Å²) in [7, 11) is -2.75. The van der Waals surface area contributed by atoms with Gasteiger partial charge in [0, 0.05) is 10.4 Å². The summed E-state index contributed by atoms with van der Waals surface area (Å²) in [6.07, 6.45) is 4.67. The zero-order chi connectivity index (χ0) is 25.1. The Hall–Kier alpha value is -2.27. The van der Waals surface area contributed by atoms with Crippen molar-refractivity contribution >= 4 is 40.4 Å². The molecule has 0 aromatic heterocycles. The number of hydrogen-bond acceptors (Lipinski definition) is 2. The highest BCUT2D eigenvalue weighted by Crippen LogP contribution is 2.44. The molecule has 0 heterocycles. The van der Waals surface area contributed by atoms with E-state index in [4.69, 9.17) is 4.43 Å². The van der Waals surface area contributed by atoms with Crippen LogP contribution in [0.15, 0.2) is 101 Å². The van der Waals surface area contributed by atoms with Crippen molar-refractivity contribution in [1.29, 1.82) is 0 Å². The number of benzene rings is 3. The van der Waals surface area contributed by atoms with Crippen molar-refractivity contribution in [2.45, 2.75) is 58.1 Å². The van der Waals surface area contributed by atoms with Crippen LogP contribution in [0.5, 0.6) is 0 Å². The lowest BCUT2D eigenvalue weighted by molar-refractivity contribution is -0.120. The van der Waals surface area contributed by atoms with Crippen LogP contribution in [-0.4, -0.2) is 14.1 Å². The third kappa shape index (κ3) is 5.45. The Morgan fingerprint density at radius 3 is 1.89 bits per heavy atom. The van der Waals surface area contributed by atoms with E-state index in [1.165, 1.54) is 15.9 Å². The molecule has 4 rings (SSSR count). The van der Waals surface area contributed by atoms with Crippen molar-refractivity contribution in [3.63, 3.8) is 0 Å². The minimum absolute atomic E-state index is 0.111. The largest absolute Gasteiger partial charge is 0.397 e. The molecule has 1 aliphatic rings. The van der Waals surface area contributed by atoms with Crippen LogP contribution in [-0.2, 0) is 9.22 Å². The normalized spacial score (nSPS) is 17.5. The van der Waals surface area contributed by atoms with Crippen LogP contribution in [0.4, 0.5) is 0 Å². The quantitative estimate of drug-likeness (QED) is 0.228. The van der Waals surface area contributed by atoms with Crippen molar-refractivity contribution in [2.75, 3.05) is 0 Å². The standard InChI is InChI=1S/C31H35BrO2Si/c1-23(33)24-15-17-25(18-16-24)30(26-19-21-27(32)22-20-26)34-35(31(2,3)4,28-11-7-5-8-12-28)29-13-9-6-10-14-29/h5-14,17,19-22,24,30H,15-16,18H2,1-4H3/t24-,30+/m0/s1. The van der Waals surface area contributed by atoms with E-state index in [0.717, 1.165) is 29.3 Å². The molecule has 2 nitrogen and oxygen atoms in total. The van der Waals surface area contributed by atoms with Crippen LogP contribution in [0.2, 0.25) is 5.04 Å². The number of rotatable bonds is 7. The lowest BCUT2D eigenvalue weighted by atomic mass is 9.84. The highest BCUT2D eigenvalue weighted by atomic mass is 79.9. The van der Waals surface area contributed by atoms with Gasteiger partial charge in [-0.05, 0) is 64.9 Å². The summed E-state index contributed by atoms with van der Waals surface area (Å²) in [5.74, 6) is 0.408. The van der Waals surface area contributed by atoms with E-state index in [1.54, 1.807) is 6.92 Å². The zero-order valence-corrected chi connectivity index (χ0v) is 23.7. The van der Waals surface area contributed by atoms with Crippen LogP contribution in [0.25, 0.3) is 0 Å². The van der Waals surface area contributed by atoms with Gasteiger partial charge in [0.15, 0.2) is 0 Å². The number of ketones is 1. The topological polar surface area (TPSA) is 26.3 Å². The first-order valence-electron chi connectivity index (χ1n) is 12.5. The van der Waals surface area contributed by atoms with Gasteiger partial charge in [-0.15, -0.1) is 0 Å². The Bertz CT molecular complexity index is 1120. The van der Waals surface area contributed by atoms with Gasteiger partial charge in [0.25, 0.3) is 8.32 Å². The second kappa shape index (κ2) is 10.8. The average Bonchev–Trinajstić information content (AvgIpc) is 2.86. The summed E-state index contributed by atoms with van der Waals surface area (Å²) in [5.41, 5.74) is 2.45. The lowest BCUT2D eigenvalue weighted by Crippen LogP contribution is -2.67. The second-order valence-electron chi connectivity index (χ2n) is 10.6. The Kier molecular flexibility index (Phi) is 7.95. The maximum atomic E-state index is 12.1. The number of halogens is 1. The Balaban J connectivity index is 1.90. The van der Waals surface area contributed by atoms with Gasteiger partial charge >= 0.3 is 0 Å². The first-order valence-corrected chi connectivity index (χ1v) is 15.2. The average molecular weight is 548 g/mol. The van der Waals surface area contributed by atoms with Crippen molar-refractivity contribution in [3.05, 3.63) is 107 Å².